The zero-order valence-corrected chi connectivity index (χ0v) is 16.7. The summed E-state index contributed by atoms with van der Waals surface area (Å²) in [5.74, 6) is -0.395. The van der Waals surface area contributed by atoms with Gasteiger partial charge in [0.1, 0.15) is 17.7 Å². The summed E-state index contributed by atoms with van der Waals surface area (Å²) in [6.07, 6.45) is 0. The number of hydrogen-bond acceptors (Lipinski definition) is 2. The van der Waals surface area contributed by atoms with Gasteiger partial charge in [0.25, 0.3) is 5.91 Å². The molecule has 4 rings (SSSR count). The van der Waals surface area contributed by atoms with Crippen LogP contribution in [0.4, 0.5) is 4.39 Å². The van der Waals surface area contributed by atoms with Gasteiger partial charge in [0.15, 0.2) is 0 Å². The summed E-state index contributed by atoms with van der Waals surface area (Å²) in [6.45, 7) is 0. The highest BCUT2D eigenvalue weighted by molar-refractivity contribution is 9.10. The number of halogens is 2. The van der Waals surface area contributed by atoms with Gasteiger partial charge in [0, 0.05) is 11.5 Å². The number of fused-ring (bicyclic) bond motifs is 1. The molecule has 0 bridgehead atoms. The van der Waals surface area contributed by atoms with Crippen molar-refractivity contribution in [3.8, 4) is 0 Å². The summed E-state index contributed by atoms with van der Waals surface area (Å²) in [5.41, 5.74) is 2.64. The van der Waals surface area contributed by atoms with Crippen molar-refractivity contribution in [3.05, 3.63) is 100 Å². The van der Waals surface area contributed by atoms with Crippen molar-refractivity contribution in [2.45, 2.75) is 6.04 Å². The van der Waals surface area contributed by atoms with Crippen LogP contribution in [0.25, 0.3) is 11.0 Å². The molecule has 0 radical (unpaired) electrons. The van der Waals surface area contributed by atoms with Gasteiger partial charge in [-0.15, -0.1) is 0 Å². The number of benzene rings is 3. The first kappa shape index (κ1) is 18.4. The first-order valence-electron chi connectivity index (χ1n) is 8.77. The quantitative estimate of drug-likeness (QED) is 0.488. The highest BCUT2D eigenvalue weighted by Crippen LogP contribution is 2.26. The van der Waals surface area contributed by atoms with E-state index in [0.29, 0.717) is 10.3 Å². The highest BCUT2D eigenvalue weighted by atomic mass is 79.9. The molecule has 0 aliphatic rings. The largest absolute Gasteiger partial charge is 0.338 e. The standard InChI is InChI=1S/C22H17BrFN3O/c1-27-19-10-6-5-9-18(19)25-21(27)20(14-7-3-2-4-8-14)26-22(28)16-13-15(23)11-12-17(16)24/h2-13,20H,1H3,(H,26,28). The molecule has 0 aliphatic heterocycles. The minimum Gasteiger partial charge on any atom is -0.338 e. The number of aryl methyl sites for hydroxylation is 1. The van der Waals surface area contributed by atoms with Crippen LogP contribution in [0.1, 0.15) is 27.8 Å². The van der Waals surface area contributed by atoms with Gasteiger partial charge in [-0.25, -0.2) is 9.37 Å². The number of hydrogen-bond donors (Lipinski definition) is 1. The number of carbonyl (C=O) groups excluding carboxylic acids is 1. The molecule has 6 heteroatoms. The fourth-order valence-electron chi connectivity index (χ4n) is 3.25. The Kier molecular flexibility index (Phi) is 4.96. The van der Waals surface area contributed by atoms with Gasteiger partial charge in [0.2, 0.25) is 0 Å². The molecule has 140 valence electrons. The van der Waals surface area contributed by atoms with Gasteiger partial charge in [-0.1, -0.05) is 58.4 Å². The molecule has 3 aromatic carbocycles. The van der Waals surface area contributed by atoms with E-state index in [1.54, 1.807) is 6.07 Å². The van der Waals surface area contributed by atoms with Crippen molar-refractivity contribution in [1.82, 2.24) is 14.9 Å². The van der Waals surface area contributed by atoms with Crippen molar-refractivity contribution < 1.29 is 9.18 Å². The van der Waals surface area contributed by atoms with E-state index in [2.05, 4.69) is 21.2 Å². The van der Waals surface area contributed by atoms with Gasteiger partial charge in [-0.3, -0.25) is 4.79 Å². The molecule has 0 fully saturated rings. The van der Waals surface area contributed by atoms with Crippen molar-refractivity contribution in [2.75, 3.05) is 0 Å². The Morgan fingerprint density at radius 1 is 1.07 bits per heavy atom. The summed E-state index contributed by atoms with van der Waals surface area (Å²) < 4.78 is 16.8. The van der Waals surface area contributed by atoms with Crippen LogP contribution < -0.4 is 5.32 Å². The lowest BCUT2D eigenvalue weighted by molar-refractivity contribution is 0.0937. The minimum atomic E-state index is -0.572. The number of nitrogens with one attached hydrogen (secondary N) is 1. The summed E-state index contributed by atoms with van der Waals surface area (Å²) >= 11 is 3.29. The van der Waals surface area contributed by atoms with Crippen LogP contribution in [0.2, 0.25) is 0 Å². The van der Waals surface area contributed by atoms with E-state index >= 15 is 0 Å². The number of imidazole rings is 1. The van der Waals surface area contributed by atoms with Crippen LogP contribution in [-0.4, -0.2) is 15.5 Å². The van der Waals surface area contributed by atoms with Crippen molar-refractivity contribution in [3.63, 3.8) is 0 Å². The Labute approximate surface area is 170 Å². The van der Waals surface area contributed by atoms with Crippen molar-refractivity contribution in [1.29, 1.82) is 0 Å². The molecular formula is C22H17BrFN3O. The van der Waals surface area contributed by atoms with Crippen molar-refractivity contribution in [2.24, 2.45) is 7.05 Å². The predicted molar refractivity (Wildman–Crippen MR) is 111 cm³/mol. The van der Waals surface area contributed by atoms with E-state index in [1.807, 2.05) is 66.2 Å². The number of amides is 1. The lowest BCUT2D eigenvalue weighted by Gasteiger charge is -2.19. The van der Waals surface area contributed by atoms with Crippen LogP contribution >= 0.6 is 15.9 Å². The minimum absolute atomic E-state index is 0.0194. The maximum atomic E-state index is 14.2. The van der Waals surface area contributed by atoms with Gasteiger partial charge in [-0.05, 0) is 35.9 Å². The normalized spacial score (nSPS) is 12.1. The molecule has 1 aromatic heterocycles. The third-order valence-electron chi connectivity index (χ3n) is 4.66. The van der Waals surface area contributed by atoms with Crippen molar-refractivity contribution >= 4 is 32.9 Å². The average molecular weight is 438 g/mol. The molecule has 0 saturated carbocycles. The Morgan fingerprint density at radius 2 is 1.79 bits per heavy atom. The van der Waals surface area contributed by atoms with Crippen LogP contribution in [0.5, 0.6) is 0 Å². The molecule has 1 unspecified atom stereocenters. The third kappa shape index (κ3) is 3.43. The summed E-state index contributed by atoms with van der Waals surface area (Å²) in [6, 6.07) is 21.1. The maximum Gasteiger partial charge on any atom is 0.255 e. The topological polar surface area (TPSA) is 46.9 Å². The molecule has 0 spiro atoms. The summed E-state index contributed by atoms with van der Waals surface area (Å²) in [4.78, 5) is 17.6. The van der Waals surface area contributed by atoms with E-state index in [0.717, 1.165) is 16.6 Å². The van der Waals surface area contributed by atoms with E-state index in [1.165, 1.54) is 12.1 Å². The maximum absolute atomic E-state index is 14.2. The Balaban J connectivity index is 1.79. The van der Waals surface area contributed by atoms with E-state index in [-0.39, 0.29) is 5.56 Å². The Hall–Kier alpha value is -2.99. The number of rotatable bonds is 4. The van der Waals surface area contributed by atoms with Gasteiger partial charge in [-0.2, -0.15) is 0 Å². The molecule has 4 aromatic rings. The number of carbonyl (C=O) groups is 1. The molecule has 0 aliphatic carbocycles. The van der Waals surface area contributed by atoms with Gasteiger partial charge < -0.3 is 9.88 Å². The zero-order valence-electron chi connectivity index (χ0n) is 15.1. The fraction of sp³-hybridized carbons (Fsp3) is 0.0909. The van der Waals surface area contributed by atoms with E-state index in [4.69, 9.17) is 4.98 Å². The second kappa shape index (κ2) is 7.56. The zero-order chi connectivity index (χ0) is 19.7. The predicted octanol–water partition coefficient (Wildman–Crippen LogP) is 4.99. The Morgan fingerprint density at radius 3 is 2.54 bits per heavy atom. The van der Waals surface area contributed by atoms with Gasteiger partial charge >= 0.3 is 0 Å². The lowest BCUT2D eigenvalue weighted by atomic mass is 10.1. The molecular weight excluding hydrogens is 421 g/mol. The second-order valence-electron chi connectivity index (χ2n) is 6.46. The fourth-order valence-corrected chi connectivity index (χ4v) is 3.61. The molecule has 1 atom stereocenters. The molecule has 4 nitrogen and oxygen atoms in total. The molecule has 1 heterocycles. The van der Waals surface area contributed by atoms with Crippen LogP contribution in [0, 0.1) is 5.82 Å². The third-order valence-corrected chi connectivity index (χ3v) is 5.15. The summed E-state index contributed by atoms with van der Waals surface area (Å²) in [5, 5.41) is 2.95. The highest BCUT2D eigenvalue weighted by Gasteiger charge is 2.24. The van der Waals surface area contributed by atoms with E-state index < -0.39 is 17.8 Å². The van der Waals surface area contributed by atoms with Crippen LogP contribution in [0.15, 0.2) is 77.3 Å². The molecule has 0 saturated heterocycles. The van der Waals surface area contributed by atoms with Gasteiger partial charge in [0.05, 0.1) is 16.6 Å². The first-order valence-corrected chi connectivity index (χ1v) is 9.56. The SMILES string of the molecule is Cn1c(C(NC(=O)c2cc(Br)ccc2F)c2ccccc2)nc2ccccc21. The monoisotopic (exact) mass is 437 g/mol. The first-order chi connectivity index (χ1) is 13.5. The molecule has 1 N–H and O–H groups in total. The number of nitrogens with zero attached hydrogens (tertiary/aromatic N) is 2. The average Bonchev–Trinajstić information content (AvgIpc) is 3.05. The van der Waals surface area contributed by atoms with Crippen LogP contribution in [-0.2, 0) is 7.05 Å². The number of para-hydroxylation sites is 2. The summed E-state index contributed by atoms with van der Waals surface area (Å²) in [7, 11) is 1.91. The van der Waals surface area contributed by atoms with Crippen LogP contribution in [0.3, 0.4) is 0 Å². The lowest BCUT2D eigenvalue weighted by Crippen LogP contribution is -2.31. The Bertz CT molecular complexity index is 1160. The second-order valence-corrected chi connectivity index (χ2v) is 7.37. The molecule has 28 heavy (non-hydrogen) atoms. The number of aromatic nitrogens is 2. The van der Waals surface area contributed by atoms with E-state index in [9.17, 15) is 9.18 Å². The molecule has 1 amide bonds. The smallest absolute Gasteiger partial charge is 0.255 e.